The highest BCUT2D eigenvalue weighted by molar-refractivity contribution is 6.01. The van der Waals surface area contributed by atoms with Crippen LogP contribution in [-0.2, 0) is 7.05 Å². The van der Waals surface area contributed by atoms with Crippen molar-refractivity contribution in [3.8, 4) is 5.75 Å². The van der Waals surface area contributed by atoms with E-state index in [0.717, 1.165) is 28.5 Å². The molecule has 0 saturated heterocycles. The fourth-order valence-electron chi connectivity index (χ4n) is 1.98. The number of carbonyl (C=O) groups is 1. The van der Waals surface area contributed by atoms with E-state index in [0.29, 0.717) is 5.56 Å². The second-order valence-corrected chi connectivity index (χ2v) is 3.62. The standard InChI is InChI=1S/C12H13NO2/c1-8-4-5-10(15-3)12-11(8)9(7-14)6-13(12)2/h4-7H,1-3H3. The molecule has 3 heteroatoms. The molecule has 2 rings (SSSR count). The van der Waals surface area contributed by atoms with Gasteiger partial charge in [-0.2, -0.15) is 0 Å². The second kappa shape index (κ2) is 3.42. The van der Waals surface area contributed by atoms with Crippen molar-refractivity contribution in [2.45, 2.75) is 6.92 Å². The Morgan fingerprint density at radius 3 is 2.73 bits per heavy atom. The fourth-order valence-corrected chi connectivity index (χ4v) is 1.98. The molecule has 0 aliphatic rings. The molecule has 0 fully saturated rings. The zero-order chi connectivity index (χ0) is 11.0. The summed E-state index contributed by atoms with van der Waals surface area (Å²) in [6.45, 7) is 1.99. The number of fused-ring (bicyclic) bond motifs is 1. The molecule has 0 amide bonds. The molecule has 0 atom stereocenters. The Kier molecular flexibility index (Phi) is 2.23. The maximum Gasteiger partial charge on any atom is 0.152 e. The number of aldehydes is 1. The summed E-state index contributed by atoms with van der Waals surface area (Å²) in [4.78, 5) is 10.9. The van der Waals surface area contributed by atoms with Crippen molar-refractivity contribution in [3.05, 3.63) is 29.5 Å². The van der Waals surface area contributed by atoms with Gasteiger partial charge >= 0.3 is 0 Å². The first-order valence-electron chi connectivity index (χ1n) is 4.77. The molecular formula is C12H13NO2. The predicted octanol–water partition coefficient (Wildman–Crippen LogP) is 2.31. The van der Waals surface area contributed by atoms with E-state index in [2.05, 4.69) is 0 Å². The van der Waals surface area contributed by atoms with Crippen LogP contribution in [0.4, 0.5) is 0 Å². The van der Waals surface area contributed by atoms with E-state index in [4.69, 9.17) is 4.74 Å². The van der Waals surface area contributed by atoms with Crippen LogP contribution in [0.5, 0.6) is 5.75 Å². The van der Waals surface area contributed by atoms with Gasteiger partial charge in [-0.05, 0) is 18.6 Å². The molecule has 0 N–H and O–H groups in total. The lowest BCUT2D eigenvalue weighted by molar-refractivity contribution is 0.112. The zero-order valence-electron chi connectivity index (χ0n) is 9.07. The monoisotopic (exact) mass is 203 g/mol. The summed E-state index contributed by atoms with van der Waals surface area (Å²) >= 11 is 0. The molecule has 0 unspecified atom stereocenters. The summed E-state index contributed by atoms with van der Waals surface area (Å²) in [7, 11) is 3.55. The third-order valence-electron chi connectivity index (χ3n) is 2.67. The number of hydrogen-bond donors (Lipinski definition) is 0. The molecule has 2 aromatic rings. The molecule has 0 aliphatic carbocycles. The quantitative estimate of drug-likeness (QED) is 0.701. The largest absolute Gasteiger partial charge is 0.495 e. The van der Waals surface area contributed by atoms with Gasteiger partial charge < -0.3 is 9.30 Å². The smallest absolute Gasteiger partial charge is 0.152 e. The van der Waals surface area contributed by atoms with Gasteiger partial charge in [0, 0.05) is 24.2 Å². The molecule has 0 aliphatic heterocycles. The third kappa shape index (κ3) is 1.31. The maximum atomic E-state index is 10.9. The maximum absolute atomic E-state index is 10.9. The lowest BCUT2D eigenvalue weighted by Crippen LogP contribution is -1.91. The number of ether oxygens (including phenoxy) is 1. The minimum atomic E-state index is 0.712. The zero-order valence-corrected chi connectivity index (χ0v) is 9.07. The van der Waals surface area contributed by atoms with Crippen LogP contribution in [0, 0.1) is 6.92 Å². The van der Waals surface area contributed by atoms with Crippen LogP contribution >= 0.6 is 0 Å². The van der Waals surface area contributed by atoms with Crippen LogP contribution in [0.2, 0.25) is 0 Å². The number of aryl methyl sites for hydroxylation is 2. The van der Waals surface area contributed by atoms with E-state index in [1.54, 1.807) is 7.11 Å². The van der Waals surface area contributed by atoms with Gasteiger partial charge in [-0.3, -0.25) is 4.79 Å². The molecule has 15 heavy (non-hydrogen) atoms. The van der Waals surface area contributed by atoms with E-state index >= 15 is 0 Å². The van der Waals surface area contributed by atoms with Gasteiger partial charge in [0.05, 0.1) is 12.6 Å². The number of rotatable bonds is 2. The van der Waals surface area contributed by atoms with E-state index in [1.807, 2.05) is 36.9 Å². The van der Waals surface area contributed by atoms with Gasteiger partial charge in [0.25, 0.3) is 0 Å². The summed E-state index contributed by atoms with van der Waals surface area (Å²) < 4.78 is 7.21. The highest BCUT2D eigenvalue weighted by Crippen LogP contribution is 2.30. The fraction of sp³-hybridized carbons (Fsp3) is 0.250. The Morgan fingerprint density at radius 2 is 2.13 bits per heavy atom. The number of hydrogen-bond acceptors (Lipinski definition) is 2. The first-order valence-corrected chi connectivity index (χ1v) is 4.77. The minimum Gasteiger partial charge on any atom is -0.495 e. The molecule has 1 aromatic heterocycles. The van der Waals surface area contributed by atoms with Crippen molar-refractivity contribution in [3.63, 3.8) is 0 Å². The van der Waals surface area contributed by atoms with Gasteiger partial charge in [-0.1, -0.05) is 6.07 Å². The van der Waals surface area contributed by atoms with Crippen LogP contribution in [0.25, 0.3) is 10.9 Å². The first-order chi connectivity index (χ1) is 7.19. The van der Waals surface area contributed by atoms with Gasteiger partial charge in [-0.25, -0.2) is 0 Å². The van der Waals surface area contributed by atoms with Crippen molar-refractivity contribution in [2.24, 2.45) is 7.05 Å². The van der Waals surface area contributed by atoms with Gasteiger partial charge in [0.15, 0.2) is 6.29 Å². The minimum absolute atomic E-state index is 0.712. The molecule has 0 bridgehead atoms. The van der Waals surface area contributed by atoms with Crippen molar-refractivity contribution in [2.75, 3.05) is 7.11 Å². The predicted molar refractivity (Wildman–Crippen MR) is 59.6 cm³/mol. The number of aromatic nitrogens is 1. The van der Waals surface area contributed by atoms with E-state index in [1.165, 1.54) is 0 Å². The summed E-state index contributed by atoms with van der Waals surface area (Å²) in [5.74, 6) is 0.797. The van der Waals surface area contributed by atoms with Gasteiger partial charge in [-0.15, -0.1) is 0 Å². The van der Waals surface area contributed by atoms with Crippen LogP contribution < -0.4 is 4.74 Å². The Morgan fingerprint density at radius 1 is 1.40 bits per heavy atom. The van der Waals surface area contributed by atoms with Crippen molar-refractivity contribution >= 4 is 17.2 Å². The SMILES string of the molecule is COc1ccc(C)c2c(C=O)cn(C)c12. The summed E-state index contributed by atoms with van der Waals surface area (Å²) in [6.07, 6.45) is 2.71. The summed E-state index contributed by atoms with van der Waals surface area (Å²) in [5.41, 5.74) is 2.78. The van der Waals surface area contributed by atoms with Gasteiger partial charge in [0.1, 0.15) is 5.75 Å². The Bertz CT molecular complexity index is 526. The topological polar surface area (TPSA) is 31.2 Å². The highest BCUT2D eigenvalue weighted by atomic mass is 16.5. The van der Waals surface area contributed by atoms with Crippen LogP contribution in [-0.4, -0.2) is 18.0 Å². The van der Waals surface area contributed by atoms with E-state index in [9.17, 15) is 4.79 Å². The normalized spacial score (nSPS) is 10.6. The summed E-state index contributed by atoms with van der Waals surface area (Å²) in [5, 5.41) is 0.979. The molecule has 0 saturated carbocycles. The number of benzene rings is 1. The lowest BCUT2D eigenvalue weighted by atomic mass is 10.1. The van der Waals surface area contributed by atoms with Crippen molar-refractivity contribution < 1.29 is 9.53 Å². The summed E-state index contributed by atoms with van der Waals surface area (Å²) in [6, 6.07) is 3.89. The lowest BCUT2D eigenvalue weighted by Gasteiger charge is -2.06. The molecule has 0 radical (unpaired) electrons. The molecule has 0 spiro atoms. The molecule has 1 heterocycles. The van der Waals surface area contributed by atoms with Crippen LogP contribution in [0.15, 0.2) is 18.3 Å². The number of nitrogens with zero attached hydrogens (tertiary/aromatic N) is 1. The van der Waals surface area contributed by atoms with Gasteiger partial charge in [0.2, 0.25) is 0 Å². The number of carbonyl (C=O) groups excluding carboxylic acids is 1. The first kappa shape index (κ1) is 9.77. The molecule has 3 nitrogen and oxygen atoms in total. The Balaban J connectivity index is 2.95. The Hall–Kier alpha value is -1.77. The van der Waals surface area contributed by atoms with Crippen LogP contribution in [0.3, 0.4) is 0 Å². The third-order valence-corrected chi connectivity index (χ3v) is 2.67. The van der Waals surface area contributed by atoms with Crippen LogP contribution in [0.1, 0.15) is 15.9 Å². The average molecular weight is 203 g/mol. The average Bonchev–Trinajstić information content (AvgIpc) is 2.58. The number of methoxy groups -OCH3 is 1. The van der Waals surface area contributed by atoms with E-state index in [-0.39, 0.29) is 0 Å². The van der Waals surface area contributed by atoms with Crippen molar-refractivity contribution in [1.82, 2.24) is 4.57 Å². The Labute approximate surface area is 88.3 Å². The molecule has 78 valence electrons. The molecule has 1 aromatic carbocycles. The second-order valence-electron chi connectivity index (χ2n) is 3.62. The highest BCUT2D eigenvalue weighted by Gasteiger charge is 2.12. The van der Waals surface area contributed by atoms with Crippen molar-refractivity contribution in [1.29, 1.82) is 0 Å². The molecular weight excluding hydrogens is 190 g/mol. The van der Waals surface area contributed by atoms with E-state index < -0.39 is 0 Å².